The molecule has 0 atom stereocenters. The number of aryl methyl sites for hydroxylation is 1. The van der Waals surface area contributed by atoms with E-state index in [4.69, 9.17) is 5.84 Å². The van der Waals surface area contributed by atoms with Crippen molar-refractivity contribution in [1.82, 2.24) is 14.5 Å². The number of nitrogens with zero attached hydrogens (tertiary/aromatic N) is 3. The van der Waals surface area contributed by atoms with Crippen LogP contribution in [0, 0.1) is 6.92 Å². The van der Waals surface area contributed by atoms with E-state index in [9.17, 15) is 9.59 Å². The van der Waals surface area contributed by atoms with E-state index in [1.54, 1.807) is 6.92 Å². The third-order valence-electron chi connectivity index (χ3n) is 1.42. The Morgan fingerprint density at radius 3 is 2.69 bits per heavy atom. The van der Waals surface area contributed by atoms with Crippen molar-refractivity contribution >= 4 is 6.09 Å². The molecule has 1 heterocycles. The molecule has 1 aromatic heterocycles. The number of rotatable bonds is 1. The maximum atomic E-state index is 11.1. The molecular weight excluding hydrogens is 176 g/mol. The smallest absolute Gasteiger partial charge is 0.439 e. The van der Waals surface area contributed by atoms with Crippen molar-refractivity contribution in [3.63, 3.8) is 0 Å². The monoisotopic (exact) mass is 186 g/mol. The predicted octanol–water partition coefficient (Wildman–Crippen LogP) is -0.928. The van der Waals surface area contributed by atoms with Crippen LogP contribution in [0.1, 0.15) is 12.7 Å². The Morgan fingerprint density at radius 2 is 2.31 bits per heavy atom. The van der Waals surface area contributed by atoms with E-state index in [1.165, 1.54) is 6.92 Å². The van der Waals surface area contributed by atoms with E-state index < -0.39 is 11.8 Å². The minimum atomic E-state index is -0.820. The second kappa shape index (κ2) is 3.30. The van der Waals surface area contributed by atoms with E-state index in [-0.39, 0.29) is 12.4 Å². The van der Waals surface area contributed by atoms with E-state index in [0.717, 1.165) is 4.68 Å². The standard InChI is InChI=1S/C6H10N4O3/c1-3-13-6(12)10-5(11)9(7)4(2)8-10/h3,7H2,1-2H3. The lowest BCUT2D eigenvalue weighted by Gasteiger charge is -1.96. The molecule has 0 unspecified atom stereocenters. The van der Waals surface area contributed by atoms with E-state index >= 15 is 0 Å². The third-order valence-corrected chi connectivity index (χ3v) is 1.42. The van der Waals surface area contributed by atoms with Gasteiger partial charge in [0.15, 0.2) is 5.82 Å². The highest BCUT2D eigenvalue weighted by Crippen LogP contribution is 1.86. The van der Waals surface area contributed by atoms with Crippen LogP contribution in [0.4, 0.5) is 4.79 Å². The van der Waals surface area contributed by atoms with Crippen LogP contribution < -0.4 is 11.5 Å². The summed E-state index contributed by atoms with van der Waals surface area (Å²) < 4.78 is 5.93. The fourth-order valence-electron chi connectivity index (χ4n) is 0.780. The average molecular weight is 186 g/mol. The van der Waals surface area contributed by atoms with Gasteiger partial charge in [-0.05, 0) is 13.8 Å². The molecule has 0 spiro atoms. The van der Waals surface area contributed by atoms with Crippen LogP contribution in [0.15, 0.2) is 4.79 Å². The number of hydrogen-bond acceptors (Lipinski definition) is 5. The second-order valence-corrected chi connectivity index (χ2v) is 2.31. The molecule has 0 aliphatic carbocycles. The molecule has 2 N–H and O–H groups in total. The molecule has 7 heteroatoms. The molecule has 0 amide bonds. The molecule has 0 saturated carbocycles. The maximum absolute atomic E-state index is 11.1. The Hall–Kier alpha value is -1.79. The van der Waals surface area contributed by atoms with Crippen LogP contribution in [0.25, 0.3) is 0 Å². The zero-order valence-corrected chi connectivity index (χ0v) is 7.35. The van der Waals surface area contributed by atoms with E-state index in [0.29, 0.717) is 4.68 Å². The van der Waals surface area contributed by atoms with Crippen molar-refractivity contribution in [3.8, 4) is 0 Å². The highest BCUT2D eigenvalue weighted by molar-refractivity contribution is 5.68. The number of nitrogen functional groups attached to an aromatic ring is 1. The summed E-state index contributed by atoms with van der Waals surface area (Å²) in [5.41, 5.74) is -0.712. The summed E-state index contributed by atoms with van der Waals surface area (Å²) >= 11 is 0. The SMILES string of the molecule is CCOC(=O)n1nc(C)n(N)c1=O. The first-order chi connectivity index (χ1) is 6.07. The van der Waals surface area contributed by atoms with Gasteiger partial charge in [-0.15, -0.1) is 9.78 Å². The topological polar surface area (TPSA) is 92.1 Å². The lowest BCUT2D eigenvalue weighted by molar-refractivity contribution is 0.149. The molecule has 0 saturated heterocycles. The van der Waals surface area contributed by atoms with Crippen LogP contribution in [-0.4, -0.2) is 27.2 Å². The Kier molecular flexibility index (Phi) is 2.36. The summed E-state index contributed by atoms with van der Waals surface area (Å²) in [5, 5.41) is 3.60. The molecule has 13 heavy (non-hydrogen) atoms. The van der Waals surface area contributed by atoms with Crippen LogP contribution in [-0.2, 0) is 4.74 Å². The fraction of sp³-hybridized carbons (Fsp3) is 0.500. The summed E-state index contributed by atoms with van der Waals surface area (Å²) in [6.07, 6.45) is -0.820. The first-order valence-electron chi connectivity index (χ1n) is 3.68. The fourth-order valence-corrected chi connectivity index (χ4v) is 0.780. The summed E-state index contributed by atoms with van der Waals surface area (Å²) in [6, 6.07) is 0. The van der Waals surface area contributed by atoms with Crippen molar-refractivity contribution < 1.29 is 9.53 Å². The lowest BCUT2D eigenvalue weighted by atomic mass is 10.7. The number of carbonyl (C=O) groups is 1. The Morgan fingerprint density at radius 1 is 1.69 bits per heavy atom. The quantitative estimate of drug-likeness (QED) is 0.572. The Bertz CT molecular complexity index is 378. The lowest BCUT2D eigenvalue weighted by Crippen LogP contribution is -2.34. The van der Waals surface area contributed by atoms with Crippen molar-refractivity contribution in [3.05, 3.63) is 16.3 Å². The molecule has 1 rings (SSSR count). The molecule has 1 aromatic rings. The first kappa shape index (κ1) is 9.30. The van der Waals surface area contributed by atoms with Gasteiger partial charge in [-0.3, -0.25) is 0 Å². The summed E-state index contributed by atoms with van der Waals surface area (Å²) in [4.78, 5) is 22.2. The van der Waals surface area contributed by atoms with Crippen LogP contribution in [0.5, 0.6) is 0 Å². The van der Waals surface area contributed by atoms with Crippen molar-refractivity contribution in [2.75, 3.05) is 12.4 Å². The highest BCUT2D eigenvalue weighted by atomic mass is 16.6. The summed E-state index contributed by atoms with van der Waals surface area (Å²) in [6.45, 7) is 3.33. The van der Waals surface area contributed by atoms with Crippen LogP contribution in [0.3, 0.4) is 0 Å². The molecule has 0 fully saturated rings. The second-order valence-electron chi connectivity index (χ2n) is 2.31. The van der Waals surface area contributed by atoms with E-state index in [2.05, 4.69) is 9.84 Å². The van der Waals surface area contributed by atoms with Crippen molar-refractivity contribution in [2.45, 2.75) is 13.8 Å². The molecule has 7 nitrogen and oxygen atoms in total. The highest BCUT2D eigenvalue weighted by Gasteiger charge is 2.14. The normalized spacial score (nSPS) is 10.0. The summed E-state index contributed by atoms with van der Waals surface area (Å²) in [5.74, 6) is 5.50. The van der Waals surface area contributed by atoms with Gasteiger partial charge in [-0.2, -0.15) is 4.68 Å². The molecular formula is C6H10N4O3. The number of nitrogens with two attached hydrogens (primary N) is 1. The van der Waals surface area contributed by atoms with Gasteiger partial charge in [0.05, 0.1) is 6.61 Å². The van der Waals surface area contributed by atoms with Crippen LogP contribution >= 0.6 is 0 Å². The minimum absolute atomic E-state index is 0.182. The average Bonchev–Trinajstić information content (AvgIpc) is 2.33. The number of carbonyl (C=O) groups excluding carboxylic acids is 1. The number of ether oxygens (including phenoxy) is 1. The number of hydrogen-bond donors (Lipinski definition) is 1. The van der Waals surface area contributed by atoms with Gasteiger partial charge in [0.25, 0.3) is 0 Å². The van der Waals surface area contributed by atoms with Gasteiger partial charge in [-0.25, -0.2) is 9.59 Å². The van der Waals surface area contributed by atoms with Crippen molar-refractivity contribution in [2.24, 2.45) is 0 Å². The zero-order valence-electron chi connectivity index (χ0n) is 7.35. The van der Waals surface area contributed by atoms with Gasteiger partial charge in [0, 0.05) is 0 Å². The van der Waals surface area contributed by atoms with Gasteiger partial charge in [0.1, 0.15) is 0 Å². The molecule has 72 valence electrons. The largest absolute Gasteiger partial charge is 0.448 e. The van der Waals surface area contributed by atoms with Gasteiger partial charge < -0.3 is 10.6 Å². The maximum Gasteiger partial charge on any atom is 0.439 e. The third kappa shape index (κ3) is 1.53. The number of aromatic nitrogens is 3. The van der Waals surface area contributed by atoms with Gasteiger partial charge in [0.2, 0.25) is 0 Å². The van der Waals surface area contributed by atoms with E-state index in [1.807, 2.05) is 0 Å². The predicted molar refractivity (Wildman–Crippen MR) is 43.8 cm³/mol. The molecule has 0 aliphatic heterocycles. The minimum Gasteiger partial charge on any atom is -0.448 e. The Balaban J connectivity index is 3.09. The first-order valence-corrected chi connectivity index (χ1v) is 3.68. The molecule has 0 aromatic carbocycles. The summed E-state index contributed by atoms with van der Waals surface area (Å²) in [7, 11) is 0. The van der Waals surface area contributed by atoms with Gasteiger partial charge in [-0.1, -0.05) is 0 Å². The van der Waals surface area contributed by atoms with Gasteiger partial charge >= 0.3 is 11.8 Å². The molecule has 0 aliphatic rings. The van der Waals surface area contributed by atoms with Crippen LogP contribution in [0.2, 0.25) is 0 Å². The Labute approximate surface area is 73.7 Å². The molecule has 0 radical (unpaired) electrons. The molecule has 0 bridgehead atoms. The zero-order chi connectivity index (χ0) is 10.0. The van der Waals surface area contributed by atoms with Crippen molar-refractivity contribution in [1.29, 1.82) is 0 Å².